The third-order valence-electron chi connectivity index (χ3n) is 3.35. The summed E-state index contributed by atoms with van der Waals surface area (Å²) in [5.74, 6) is 0.781. The van der Waals surface area contributed by atoms with Crippen molar-refractivity contribution in [2.75, 3.05) is 0 Å². The van der Waals surface area contributed by atoms with E-state index in [1.54, 1.807) is 0 Å². The first-order valence-corrected chi connectivity index (χ1v) is 6.32. The molecule has 1 aromatic carbocycles. The van der Waals surface area contributed by atoms with E-state index in [4.69, 9.17) is 5.73 Å². The van der Waals surface area contributed by atoms with Gasteiger partial charge in [-0.05, 0) is 29.9 Å². The molecule has 0 amide bonds. The van der Waals surface area contributed by atoms with Crippen LogP contribution in [0.1, 0.15) is 54.5 Å². The van der Waals surface area contributed by atoms with Crippen LogP contribution in [0.4, 0.5) is 0 Å². The molecular formula is C13H19NS. The first kappa shape index (κ1) is 11.0. The largest absolute Gasteiger partial charge is 0.316 e. The first-order chi connectivity index (χ1) is 7.27. The monoisotopic (exact) mass is 221 g/mol. The molecule has 0 heterocycles. The lowest BCUT2D eigenvalue weighted by Gasteiger charge is -2.22. The van der Waals surface area contributed by atoms with Gasteiger partial charge in [-0.15, -0.1) is 0 Å². The molecule has 2 rings (SSSR count). The summed E-state index contributed by atoms with van der Waals surface area (Å²) in [4.78, 5) is 0. The van der Waals surface area contributed by atoms with E-state index in [9.17, 15) is 0 Å². The number of rotatable bonds is 2. The van der Waals surface area contributed by atoms with Crippen LogP contribution in [-0.2, 0) is 0 Å². The summed E-state index contributed by atoms with van der Waals surface area (Å²) in [6.45, 7) is 0. The van der Waals surface area contributed by atoms with E-state index in [0.29, 0.717) is 0 Å². The Labute approximate surface area is 97.5 Å². The zero-order chi connectivity index (χ0) is 10.7. The van der Waals surface area contributed by atoms with E-state index in [2.05, 4.69) is 36.9 Å². The van der Waals surface area contributed by atoms with Crippen molar-refractivity contribution >= 4 is 12.6 Å². The van der Waals surface area contributed by atoms with Gasteiger partial charge in [0.05, 0.1) is 5.37 Å². The minimum Gasteiger partial charge on any atom is -0.316 e. The highest BCUT2D eigenvalue weighted by Gasteiger charge is 2.15. The Morgan fingerprint density at radius 3 is 2.20 bits per heavy atom. The van der Waals surface area contributed by atoms with Gasteiger partial charge in [0.25, 0.3) is 0 Å². The second-order valence-electron chi connectivity index (χ2n) is 4.45. The fraction of sp³-hybridized carbons (Fsp3) is 0.538. The van der Waals surface area contributed by atoms with Gasteiger partial charge in [-0.2, -0.15) is 12.6 Å². The van der Waals surface area contributed by atoms with Crippen LogP contribution in [0.3, 0.4) is 0 Å². The van der Waals surface area contributed by atoms with Crippen molar-refractivity contribution in [3.8, 4) is 0 Å². The fourth-order valence-electron chi connectivity index (χ4n) is 2.40. The molecule has 0 bridgehead atoms. The van der Waals surface area contributed by atoms with Gasteiger partial charge >= 0.3 is 0 Å². The highest BCUT2D eigenvalue weighted by atomic mass is 32.1. The lowest BCUT2D eigenvalue weighted by molar-refractivity contribution is 0.443. The molecular weight excluding hydrogens is 202 g/mol. The van der Waals surface area contributed by atoms with Crippen LogP contribution in [0, 0.1) is 0 Å². The van der Waals surface area contributed by atoms with Crippen molar-refractivity contribution in [2.45, 2.75) is 43.4 Å². The van der Waals surface area contributed by atoms with Gasteiger partial charge in [-0.1, -0.05) is 43.5 Å². The van der Waals surface area contributed by atoms with Gasteiger partial charge in [0.15, 0.2) is 0 Å². The predicted molar refractivity (Wildman–Crippen MR) is 68.2 cm³/mol. The normalized spacial score (nSPS) is 20.1. The van der Waals surface area contributed by atoms with Gasteiger partial charge in [0.2, 0.25) is 0 Å². The van der Waals surface area contributed by atoms with Crippen molar-refractivity contribution < 1.29 is 0 Å². The Bertz CT molecular complexity index is 299. The smallest absolute Gasteiger partial charge is 0.0734 e. The summed E-state index contributed by atoms with van der Waals surface area (Å²) < 4.78 is 0. The number of thiol groups is 1. The maximum absolute atomic E-state index is 5.71. The summed E-state index contributed by atoms with van der Waals surface area (Å²) in [5.41, 5.74) is 8.29. The van der Waals surface area contributed by atoms with E-state index < -0.39 is 0 Å². The Balaban J connectivity index is 2.08. The zero-order valence-corrected chi connectivity index (χ0v) is 9.92. The number of benzene rings is 1. The van der Waals surface area contributed by atoms with Crippen LogP contribution < -0.4 is 5.73 Å². The molecule has 82 valence electrons. The molecule has 0 saturated heterocycles. The van der Waals surface area contributed by atoms with Crippen LogP contribution in [0.5, 0.6) is 0 Å². The van der Waals surface area contributed by atoms with Gasteiger partial charge in [0.1, 0.15) is 0 Å². The Morgan fingerprint density at radius 1 is 1.07 bits per heavy atom. The average Bonchev–Trinajstić information content (AvgIpc) is 2.30. The summed E-state index contributed by atoms with van der Waals surface area (Å²) in [5, 5.41) is -0.148. The molecule has 0 radical (unpaired) electrons. The van der Waals surface area contributed by atoms with Crippen molar-refractivity contribution in [1.82, 2.24) is 0 Å². The molecule has 1 aliphatic carbocycles. The van der Waals surface area contributed by atoms with Crippen molar-refractivity contribution in [2.24, 2.45) is 5.73 Å². The topological polar surface area (TPSA) is 26.0 Å². The van der Waals surface area contributed by atoms with Gasteiger partial charge in [-0.3, -0.25) is 0 Å². The first-order valence-electron chi connectivity index (χ1n) is 5.81. The maximum Gasteiger partial charge on any atom is 0.0734 e. The summed E-state index contributed by atoms with van der Waals surface area (Å²) >= 11 is 4.23. The number of hydrogen-bond acceptors (Lipinski definition) is 2. The lowest BCUT2D eigenvalue weighted by Crippen LogP contribution is -2.06. The number of hydrogen-bond donors (Lipinski definition) is 2. The zero-order valence-electron chi connectivity index (χ0n) is 9.02. The molecule has 1 aromatic rings. The molecule has 1 saturated carbocycles. The second kappa shape index (κ2) is 5.04. The Hall–Kier alpha value is -0.470. The van der Waals surface area contributed by atoms with Gasteiger partial charge < -0.3 is 5.73 Å². The van der Waals surface area contributed by atoms with Crippen molar-refractivity contribution in [3.63, 3.8) is 0 Å². The molecule has 1 fully saturated rings. The van der Waals surface area contributed by atoms with Crippen molar-refractivity contribution in [1.29, 1.82) is 0 Å². The molecule has 2 heteroatoms. The molecule has 1 aliphatic rings. The fourth-order valence-corrected chi connectivity index (χ4v) is 2.57. The van der Waals surface area contributed by atoms with Crippen LogP contribution in [0.25, 0.3) is 0 Å². The summed E-state index contributed by atoms with van der Waals surface area (Å²) in [6.07, 6.45) is 6.89. The van der Waals surface area contributed by atoms with Crippen LogP contribution in [0.2, 0.25) is 0 Å². The molecule has 0 spiro atoms. The third kappa shape index (κ3) is 2.76. The SMILES string of the molecule is NC(S)c1ccc(C2CCCCC2)cc1. The van der Waals surface area contributed by atoms with Crippen molar-refractivity contribution in [3.05, 3.63) is 35.4 Å². The minimum absolute atomic E-state index is 0.148. The van der Waals surface area contributed by atoms with Gasteiger partial charge in [0, 0.05) is 0 Å². The number of nitrogens with two attached hydrogens (primary N) is 1. The van der Waals surface area contributed by atoms with Gasteiger partial charge in [-0.25, -0.2) is 0 Å². The third-order valence-corrected chi connectivity index (χ3v) is 3.65. The van der Waals surface area contributed by atoms with Crippen LogP contribution in [0.15, 0.2) is 24.3 Å². The molecule has 1 nitrogen and oxygen atoms in total. The summed E-state index contributed by atoms with van der Waals surface area (Å²) in [7, 11) is 0. The van der Waals surface area contributed by atoms with E-state index in [1.165, 1.54) is 37.7 Å². The maximum atomic E-state index is 5.71. The minimum atomic E-state index is -0.148. The van der Waals surface area contributed by atoms with Crippen LogP contribution in [-0.4, -0.2) is 0 Å². The Morgan fingerprint density at radius 2 is 1.67 bits per heavy atom. The standard InChI is InChI=1S/C13H19NS/c14-13(15)12-8-6-11(7-9-12)10-4-2-1-3-5-10/h6-10,13,15H,1-5,14H2. The molecule has 0 aliphatic heterocycles. The molecule has 15 heavy (non-hydrogen) atoms. The van der Waals surface area contributed by atoms with E-state index in [1.807, 2.05) is 0 Å². The summed E-state index contributed by atoms with van der Waals surface area (Å²) in [6, 6.07) is 8.67. The van der Waals surface area contributed by atoms with E-state index in [-0.39, 0.29) is 5.37 Å². The molecule has 0 aromatic heterocycles. The van der Waals surface area contributed by atoms with E-state index in [0.717, 1.165) is 11.5 Å². The lowest BCUT2D eigenvalue weighted by atomic mass is 9.84. The second-order valence-corrected chi connectivity index (χ2v) is 5.00. The quantitative estimate of drug-likeness (QED) is 0.579. The molecule has 1 atom stereocenters. The predicted octanol–water partition coefficient (Wildman–Crippen LogP) is 3.62. The highest BCUT2D eigenvalue weighted by Crippen LogP contribution is 2.32. The molecule has 1 unspecified atom stereocenters. The van der Waals surface area contributed by atoms with Crippen LogP contribution >= 0.6 is 12.6 Å². The Kier molecular flexibility index (Phi) is 3.71. The molecule has 2 N–H and O–H groups in total. The average molecular weight is 221 g/mol. The van der Waals surface area contributed by atoms with E-state index >= 15 is 0 Å². The highest BCUT2D eigenvalue weighted by molar-refractivity contribution is 7.80.